The molecule has 98 valence electrons. The van der Waals surface area contributed by atoms with Crippen LogP contribution in [0.1, 0.15) is 40.5 Å². The van der Waals surface area contributed by atoms with Crippen LogP contribution in [0.25, 0.3) is 0 Å². The van der Waals surface area contributed by atoms with Crippen molar-refractivity contribution in [3.05, 3.63) is 0 Å². The molecule has 0 spiro atoms. The van der Waals surface area contributed by atoms with Gasteiger partial charge in [0, 0.05) is 12.6 Å². The van der Waals surface area contributed by atoms with Gasteiger partial charge in [-0.2, -0.15) is 0 Å². The van der Waals surface area contributed by atoms with Crippen LogP contribution in [0.4, 0.5) is 0 Å². The Labute approximate surface area is 100 Å². The molecule has 0 bridgehead atoms. The quantitative estimate of drug-likeness (QED) is 0.607. The lowest BCUT2D eigenvalue weighted by Gasteiger charge is -2.15. The molecular weight excluding hydrogens is 224 g/mol. The van der Waals surface area contributed by atoms with Crippen LogP contribution in [0.3, 0.4) is 0 Å². The highest BCUT2D eigenvalue weighted by molar-refractivity contribution is 7.89. The molecule has 0 rings (SSSR count). The molecule has 0 amide bonds. The van der Waals surface area contributed by atoms with E-state index in [2.05, 4.69) is 23.9 Å². The first-order chi connectivity index (χ1) is 7.37. The van der Waals surface area contributed by atoms with Crippen LogP contribution in [0, 0.1) is 5.92 Å². The molecular formula is C11H26N2O2S. The van der Waals surface area contributed by atoms with Crippen molar-refractivity contribution in [3.63, 3.8) is 0 Å². The maximum absolute atomic E-state index is 11.6. The maximum Gasteiger partial charge on any atom is 0.213 e. The Morgan fingerprint density at radius 3 is 2.25 bits per heavy atom. The Morgan fingerprint density at radius 2 is 1.75 bits per heavy atom. The van der Waals surface area contributed by atoms with Crippen molar-refractivity contribution in [3.8, 4) is 0 Å². The number of hydrogen-bond acceptors (Lipinski definition) is 3. The van der Waals surface area contributed by atoms with Crippen LogP contribution in [-0.2, 0) is 10.0 Å². The van der Waals surface area contributed by atoms with Crippen molar-refractivity contribution in [1.29, 1.82) is 0 Å². The lowest BCUT2D eigenvalue weighted by Crippen LogP contribution is -2.37. The minimum absolute atomic E-state index is 0.0361. The summed E-state index contributed by atoms with van der Waals surface area (Å²) in [6.07, 6.45) is 1.95. The van der Waals surface area contributed by atoms with Gasteiger partial charge in [-0.05, 0) is 32.2 Å². The zero-order valence-electron chi connectivity index (χ0n) is 10.9. The Hall–Kier alpha value is -0.130. The zero-order chi connectivity index (χ0) is 12.6. The highest BCUT2D eigenvalue weighted by Crippen LogP contribution is 2.07. The molecule has 0 aromatic heterocycles. The van der Waals surface area contributed by atoms with Gasteiger partial charge in [-0.1, -0.05) is 20.8 Å². The van der Waals surface area contributed by atoms with Crippen molar-refractivity contribution < 1.29 is 8.42 Å². The summed E-state index contributed by atoms with van der Waals surface area (Å²) >= 11 is 0. The van der Waals surface area contributed by atoms with Crippen molar-refractivity contribution in [2.24, 2.45) is 5.92 Å². The maximum atomic E-state index is 11.6. The summed E-state index contributed by atoms with van der Waals surface area (Å²) in [5.41, 5.74) is 0. The Kier molecular flexibility index (Phi) is 7.97. The zero-order valence-corrected chi connectivity index (χ0v) is 11.7. The van der Waals surface area contributed by atoms with Gasteiger partial charge in [0.25, 0.3) is 0 Å². The minimum atomic E-state index is -3.11. The fraction of sp³-hybridized carbons (Fsp3) is 1.00. The van der Waals surface area contributed by atoms with Gasteiger partial charge in [-0.3, -0.25) is 0 Å². The fourth-order valence-corrected chi connectivity index (χ4v) is 2.65. The van der Waals surface area contributed by atoms with Gasteiger partial charge in [-0.15, -0.1) is 0 Å². The standard InChI is InChI=1S/C11H26N2O2S/c1-5-12-8-9-16(14,15)13-11(4)7-6-10(2)3/h10-13H,5-9H2,1-4H3. The van der Waals surface area contributed by atoms with Crippen LogP contribution in [0.15, 0.2) is 0 Å². The molecule has 2 N–H and O–H groups in total. The van der Waals surface area contributed by atoms with Crippen molar-refractivity contribution in [1.82, 2.24) is 10.0 Å². The Balaban J connectivity index is 3.86. The van der Waals surface area contributed by atoms with Gasteiger partial charge in [0.15, 0.2) is 0 Å². The van der Waals surface area contributed by atoms with E-state index in [0.29, 0.717) is 12.5 Å². The van der Waals surface area contributed by atoms with Crippen molar-refractivity contribution in [2.75, 3.05) is 18.8 Å². The van der Waals surface area contributed by atoms with Crippen molar-refractivity contribution >= 4 is 10.0 Å². The molecule has 16 heavy (non-hydrogen) atoms. The monoisotopic (exact) mass is 250 g/mol. The SMILES string of the molecule is CCNCCS(=O)(=O)NC(C)CCC(C)C. The van der Waals surface area contributed by atoms with Crippen LogP contribution in [-0.4, -0.2) is 33.3 Å². The predicted octanol–water partition coefficient (Wildman–Crippen LogP) is 1.34. The van der Waals surface area contributed by atoms with E-state index in [-0.39, 0.29) is 11.8 Å². The molecule has 5 heteroatoms. The molecule has 0 aromatic carbocycles. The molecule has 4 nitrogen and oxygen atoms in total. The summed E-state index contributed by atoms with van der Waals surface area (Å²) in [7, 11) is -3.11. The Bertz CT molecular complexity index is 263. The second-order valence-corrected chi connectivity index (χ2v) is 6.54. The second kappa shape index (κ2) is 8.03. The topological polar surface area (TPSA) is 58.2 Å². The highest BCUT2D eigenvalue weighted by Gasteiger charge is 2.13. The first-order valence-electron chi connectivity index (χ1n) is 6.08. The van der Waals surface area contributed by atoms with Gasteiger partial charge in [0.1, 0.15) is 0 Å². The average molecular weight is 250 g/mol. The fourth-order valence-electron chi connectivity index (χ4n) is 1.39. The van der Waals surface area contributed by atoms with Crippen LogP contribution in [0.5, 0.6) is 0 Å². The number of rotatable bonds is 9. The summed E-state index contributed by atoms with van der Waals surface area (Å²) in [6.45, 7) is 9.50. The Morgan fingerprint density at radius 1 is 1.12 bits per heavy atom. The van der Waals surface area contributed by atoms with Crippen LogP contribution in [0.2, 0.25) is 0 Å². The minimum Gasteiger partial charge on any atom is -0.316 e. The van der Waals surface area contributed by atoms with E-state index >= 15 is 0 Å². The summed E-state index contributed by atoms with van der Waals surface area (Å²) in [4.78, 5) is 0. The second-order valence-electron chi connectivity index (χ2n) is 4.66. The van der Waals surface area contributed by atoms with E-state index in [1.807, 2.05) is 13.8 Å². The molecule has 1 atom stereocenters. The summed E-state index contributed by atoms with van der Waals surface area (Å²) in [5, 5.41) is 3.01. The third-order valence-electron chi connectivity index (χ3n) is 2.36. The van der Waals surface area contributed by atoms with Crippen molar-refractivity contribution in [2.45, 2.75) is 46.6 Å². The molecule has 1 unspecified atom stereocenters. The normalized spacial score (nSPS) is 14.3. The predicted molar refractivity (Wildman–Crippen MR) is 69.0 cm³/mol. The molecule has 0 saturated heterocycles. The summed E-state index contributed by atoms with van der Waals surface area (Å²) in [6, 6.07) is 0.0361. The number of sulfonamides is 1. The van der Waals surface area contributed by atoms with Gasteiger partial charge in [0.2, 0.25) is 10.0 Å². The summed E-state index contributed by atoms with van der Waals surface area (Å²) in [5.74, 6) is 0.779. The molecule has 0 aliphatic heterocycles. The highest BCUT2D eigenvalue weighted by atomic mass is 32.2. The van der Waals surface area contributed by atoms with Crippen LogP contribution >= 0.6 is 0 Å². The van der Waals surface area contributed by atoms with Gasteiger partial charge < -0.3 is 5.32 Å². The molecule has 0 aliphatic carbocycles. The molecule has 0 aliphatic rings. The third-order valence-corrected chi connectivity index (χ3v) is 3.86. The van der Waals surface area contributed by atoms with E-state index in [9.17, 15) is 8.42 Å². The van der Waals surface area contributed by atoms with Gasteiger partial charge in [-0.25, -0.2) is 13.1 Å². The van der Waals surface area contributed by atoms with Gasteiger partial charge in [0.05, 0.1) is 5.75 Å². The first-order valence-corrected chi connectivity index (χ1v) is 7.73. The van der Waals surface area contributed by atoms with Gasteiger partial charge >= 0.3 is 0 Å². The van der Waals surface area contributed by atoms with E-state index in [0.717, 1.165) is 19.4 Å². The average Bonchev–Trinajstić information content (AvgIpc) is 2.14. The molecule has 0 heterocycles. The number of hydrogen-bond donors (Lipinski definition) is 2. The molecule has 0 fully saturated rings. The first kappa shape index (κ1) is 15.9. The van der Waals surface area contributed by atoms with E-state index in [4.69, 9.17) is 0 Å². The smallest absolute Gasteiger partial charge is 0.213 e. The summed E-state index contributed by atoms with van der Waals surface area (Å²) < 4.78 is 25.9. The lowest BCUT2D eigenvalue weighted by atomic mass is 10.1. The third kappa shape index (κ3) is 9.12. The van der Waals surface area contributed by atoms with E-state index in [1.54, 1.807) is 0 Å². The van der Waals surface area contributed by atoms with E-state index < -0.39 is 10.0 Å². The number of nitrogens with one attached hydrogen (secondary N) is 2. The largest absolute Gasteiger partial charge is 0.316 e. The molecule has 0 aromatic rings. The lowest BCUT2D eigenvalue weighted by molar-refractivity contribution is 0.485. The van der Waals surface area contributed by atoms with E-state index in [1.165, 1.54) is 0 Å². The molecule has 0 saturated carbocycles. The van der Waals surface area contributed by atoms with Crippen LogP contribution < -0.4 is 10.0 Å². The molecule has 0 radical (unpaired) electrons.